The lowest BCUT2D eigenvalue weighted by molar-refractivity contribution is -0.117. The molecule has 5 heteroatoms. The maximum atomic E-state index is 12.7. The fourth-order valence-corrected chi connectivity index (χ4v) is 3.70. The highest BCUT2D eigenvalue weighted by Gasteiger charge is 2.29. The second kappa shape index (κ2) is 6.84. The zero-order chi connectivity index (χ0) is 18.1. The van der Waals surface area contributed by atoms with Crippen molar-refractivity contribution in [1.29, 1.82) is 0 Å². The summed E-state index contributed by atoms with van der Waals surface area (Å²) in [6, 6.07) is 11.8. The van der Waals surface area contributed by atoms with E-state index in [2.05, 4.69) is 10.2 Å². The smallest absolute Gasteiger partial charge is 0.238 e. The number of carbonyl (C=O) groups excluding carboxylic acids is 3. The Hall–Kier alpha value is -2.79. The Morgan fingerprint density at radius 3 is 2.15 bits per heavy atom. The summed E-state index contributed by atoms with van der Waals surface area (Å²) in [4.78, 5) is 39.8. The first-order valence-electron chi connectivity index (χ1n) is 8.98. The van der Waals surface area contributed by atoms with Crippen molar-refractivity contribution in [3.05, 3.63) is 64.7 Å². The molecule has 1 N–H and O–H groups in total. The van der Waals surface area contributed by atoms with E-state index in [4.69, 9.17) is 0 Å². The van der Waals surface area contributed by atoms with Crippen LogP contribution < -0.4 is 5.32 Å². The number of hydrogen-bond donors (Lipinski definition) is 1. The van der Waals surface area contributed by atoms with Crippen molar-refractivity contribution in [3.63, 3.8) is 0 Å². The summed E-state index contributed by atoms with van der Waals surface area (Å²) in [5.74, 6) is -0.425. The lowest BCUT2D eigenvalue weighted by atomic mass is 9.84. The highest BCUT2D eigenvalue weighted by molar-refractivity contribution is 6.28. The molecular formula is C21H20N2O3. The van der Waals surface area contributed by atoms with Crippen molar-refractivity contribution in [2.75, 3.05) is 25.0 Å². The van der Waals surface area contributed by atoms with Crippen molar-refractivity contribution >= 4 is 23.2 Å². The van der Waals surface area contributed by atoms with Crippen molar-refractivity contribution in [1.82, 2.24) is 4.90 Å². The third-order valence-electron chi connectivity index (χ3n) is 5.02. The van der Waals surface area contributed by atoms with E-state index in [-0.39, 0.29) is 17.5 Å². The Balaban J connectivity index is 1.54. The number of fused-ring (bicyclic) bond motifs is 2. The molecule has 1 amide bonds. The molecule has 1 fully saturated rings. The van der Waals surface area contributed by atoms with Gasteiger partial charge in [0.1, 0.15) is 0 Å². The van der Waals surface area contributed by atoms with Gasteiger partial charge in [0.15, 0.2) is 11.6 Å². The zero-order valence-electron chi connectivity index (χ0n) is 14.5. The third kappa shape index (κ3) is 3.06. The number of nitrogens with one attached hydrogen (secondary N) is 1. The van der Waals surface area contributed by atoms with Crippen LogP contribution in [0.25, 0.3) is 0 Å². The largest absolute Gasteiger partial charge is 0.325 e. The number of piperidine rings is 1. The third-order valence-corrected chi connectivity index (χ3v) is 5.02. The Kier molecular flexibility index (Phi) is 4.39. The molecule has 132 valence electrons. The van der Waals surface area contributed by atoms with Crippen LogP contribution in [0.4, 0.5) is 5.69 Å². The van der Waals surface area contributed by atoms with Gasteiger partial charge in [0, 0.05) is 27.9 Å². The molecule has 0 saturated carbocycles. The Labute approximate surface area is 152 Å². The van der Waals surface area contributed by atoms with Gasteiger partial charge >= 0.3 is 0 Å². The Morgan fingerprint density at radius 1 is 0.846 bits per heavy atom. The average molecular weight is 348 g/mol. The number of carbonyl (C=O) groups is 3. The molecule has 1 aliphatic heterocycles. The molecule has 0 aromatic heterocycles. The van der Waals surface area contributed by atoms with Gasteiger partial charge in [0.05, 0.1) is 6.54 Å². The van der Waals surface area contributed by atoms with Crippen molar-refractivity contribution in [2.24, 2.45) is 0 Å². The molecule has 0 unspecified atom stereocenters. The maximum absolute atomic E-state index is 12.7. The molecule has 26 heavy (non-hydrogen) atoms. The molecule has 0 atom stereocenters. The van der Waals surface area contributed by atoms with Crippen molar-refractivity contribution in [2.45, 2.75) is 19.3 Å². The number of likely N-dealkylation sites (tertiary alicyclic amines) is 1. The summed E-state index contributed by atoms with van der Waals surface area (Å²) in [6.07, 6.45) is 3.48. The molecule has 0 spiro atoms. The van der Waals surface area contributed by atoms with E-state index in [1.807, 2.05) is 0 Å². The minimum atomic E-state index is -0.178. The number of nitrogens with zero attached hydrogens (tertiary/aromatic N) is 1. The quantitative estimate of drug-likeness (QED) is 0.790. The molecule has 4 rings (SSSR count). The molecule has 1 saturated heterocycles. The molecule has 2 aromatic carbocycles. The number of benzene rings is 2. The van der Waals surface area contributed by atoms with Crippen LogP contribution in [0, 0.1) is 0 Å². The molecule has 1 aliphatic carbocycles. The lowest BCUT2D eigenvalue weighted by Gasteiger charge is -2.25. The average Bonchev–Trinajstić information content (AvgIpc) is 2.67. The summed E-state index contributed by atoms with van der Waals surface area (Å²) < 4.78 is 0. The number of rotatable bonds is 3. The predicted octanol–water partition coefficient (Wildman–Crippen LogP) is 2.89. The minimum Gasteiger partial charge on any atom is -0.325 e. The van der Waals surface area contributed by atoms with Gasteiger partial charge < -0.3 is 5.32 Å². The van der Waals surface area contributed by atoms with Gasteiger partial charge in [-0.15, -0.1) is 0 Å². The molecule has 0 bridgehead atoms. The van der Waals surface area contributed by atoms with Crippen LogP contribution in [0.15, 0.2) is 42.5 Å². The maximum Gasteiger partial charge on any atom is 0.238 e. The fraction of sp³-hybridized carbons (Fsp3) is 0.286. The first-order valence-corrected chi connectivity index (χ1v) is 8.98. The molecule has 2 aromatic rings. The second-order valence-corrected chi connectivity index (χ2v) is 6.85. The number of ketones is 2. The number of hydrogen-bond acceptors (Lipinski definition) is 4. The summed E-state index contributed by atoms with van der Waals surface area (Å²) in [5, 5.41) is 2.85. The van der Waals surface area contributed by atoms with Crippen molar-refractivity contribution in [3.8, 4) is 0 Å². The van der Waals surface area contributed by atoms with Crippen LogP contribution >= 0.6 is 0 Å². The van der Waals surface area contributed by atoms with Gasteiger partial charge in [-0.2, -0.15) is 0 Å². The normalized spacial score (nSPS) is 16.8. The van der Waals surface area contributed by atoms with E-state index >= 15 is 0 Å². The summed E-state index contributed by atoms with van der Waals surface area (Å²) in [6.45, 7) is 2.25. The van der Waals surface area contributed by atoms with E-state index < -0.39 is 0 Å². The highest BCUT2D eigenvalue weighted by Crippen LogP contribution is 2.29. The van der Waals surface area contributed by atoms with Gasteiger partial charge in [0.2, 0.25) is 5.91 Å². The molecule has 0 radical (unpaired) electrons. The standard InChI is InChI=1S/C21H20N2O3/c24-19(13-23-10-4-1-5-11-23)22-14-8-9-17-18(12-14)21(26)16-7-3-2-6-15(16)20(17)25/h2-3,6-9,12H,1,4-5,10-11,13H2,(H,22,24). The van der Waals surface area contributed by atoms with E-state index in [0.717, 1.165) is 25.9 Å². The summed E-state index contributed by atoms with van der Waals surface area (Å²) >= 11 is 0. The van der Waals surface area contributed by atoms with E-state index in [9.17, 15) is 14.4 Å². The van der Waals surface area contributed by atoms with Crippen LogP contribution in [-0.2, 0) is 4.79 Å². The van der Waals surface area contributed by atoms with Gasteiger partial charge in [-0.1, -0.05) is 30.7 Å². The number of amides is 1. The SMILES string of the molecule is O=C(CN1CCCCC1)Nc1ccc2c(c1)C(=O)c1ccccc1C2=O. The van der Waals surface area contributed by atoms with Crippen LogP contribution in [-0.4, -0.2) is 42.0 Å². The summed E-state index contributed by atoms with van der Waals surface area (Å²) in [5.41, 5.74) is 2.15. The summed E-state index contributed by atoms with van der Waals surface area (Å²) in [7, 11) is 0. The molecule has 5 nitrogen and oxygen atoms in total. The van der Waals surface area contributed by atoms with Gasteiger partial charge in [-0.3, -0.25) is 19.3 Å². The van der Waals surface area contributed by atoms with E-state index in [0.29, 0.717) is 34.5 Å². The topological polar surface area (TPSA) is 66.5 Å². The molecule has 2 aliphatic rings. The van der Waals surface area contributed by atoms with Crippen LogP contribution in [0.3, 0.4) is 0 Å². The molecule has 1 heterocycles. The highest BCUT2D eigenvalue weighted by atomic mass is 16.2. The minimum absolute atomic E-state index is 0.0955. The predicted molar refractivity (Wildman–Crippen MR) is 98.7 cm³/mol. The fourth-order valence-electron chi connectivity index (χ4n) is 3.70. The van der Waals surface area contributed by atoms with Crippen molar-refractivity contribution < 1.29 is 14.4 Å². The monoisotopic (exact) mass is 348 g/mol. The van der Waals surface area contributed by atoms with Crippen LogP contribution in [0.2, 0.25) is 0 Å². The van der Waals surface area contributed by atoms with Gasteiger partial charge in [-0.25, -0.2) is 0 Å². The zero-order valence-corrected chi connectivity index (χ0v) is 14.5. The van der Waals surface area contributed by atoms with Gasteiger partial charge in [0.25, 0.3) is 0 Å². The van der Waals surface area contributed by atoms with E-state index in [1.165, 1.54) is 6.42 Å². The first-order chi connectivity index (χ1) is 12.6. The van der Waals surface area contributed by atoms with Crippen LogP contribution in [0.5, 0.6) is 0 Å². The van der Waals surface area contributed by atoms with Crippen LogP contribution in [0.1, 0.15) is 51.1 Å². The second-order valence-electron chi connectivity index (χ2n) is 6.85. The van der Waals surface area contributed by atoms with E-state index in [1.54, 1.807) is 42.5 Å². The number of anilines is 1. The Morgan fingerprint density at radius 2 is 1.46 bits per heavy atom. The first kappa shape index (κ1) is 16.7. The Bertz CT molecular complexity index is 898. The molecular weight excluding hydrogens is 328 g/mol. The lowest BCUT2D eigenvalue weighted by Crippen LogP contribution is -2.36. The van der Waals surface area contributed by atoms with Gasteiger partial charge in [-0.05, 0) is 44.1 Å².